The highest BCUT2D eigenvalue weighted by atomic mass is 16.5. The SMILES string of the molecule is COc1cccc(CN2CCC(c3cc(=O)[nH]c(N4CCOCC4)n3)CC2)c1. The van der Waals surface area contributed by atoms with E-state index in [1.165, 1.54) is 5.56 Å². The van der Waals surface area contributed by atoms with Crippen LogP contribution < -0.4 is 15.2 Å². The van der Waals surface area contributed by atoms with Gasteiger partial charge in [0, 0.05) is 31.6 Å². The molecule has 0 amide bonds. The van der Waals surface area contributed by atoms with Crippen molar-refractivity contribution in [2.24, 2.45) is 0 Å². The van der Waals surface area contributed by atoms with Gasteiger partial charge in [0.2, 0.25) is 5.95 Å². The van der Waals surface area contributed by atoms with E-state index in [9.17, 15) is 4.79 Å². The molecular formula is C21H28N4O3. The Labute approximate surface area is 165 Å². The molecule has 2 fully saturated rings. The van der Waals surface area contributed by atoms with Crippen LogP contribution in [0.25, 0.3) is 0 Å². The van der Waals surface area contributed by atoms with Gasteiger partial charge < -0.3 is 14.4 Å². The molecule has 2 aromatic rings. The molecule has 3 heterocycles. The summed E-state index contributed by atoms with van der Waals surface area (Å²) in [5.41, 5.74) is 2.12. The Morgan fingerprint density at radius 2 is 1.96 bits per heavy atom. The smallest absolute Gasteiger partial charge is 0.252 e. The van der Waals surface area contributed by atoms with E-state index in [0.717, 1.165) is 57.0 Å². The quantitative estimate of drug-likeness (QED) is 0.850. The fraction of sp³-hybridized carbons (Fsp3) is 0.524. The summed E-state index contributed by atoms with van der Waals surface area (Å²) in [6.07, 6.45) is 2.03. The molecule has 1 aromatic carbocycles. The molecular weight excluding hydrogens is 356 g/mol. The van der Waals surface area contributed by atoms with E-state index in [1.807, 2.05) is 12.1 Å². The number of anilines is 1. The number of hydrogen-bond donors (Lipinski definition) is 1. The third kappa shape index (κ3) is 4.54. The Hall–Kier alpha value is -2.38. The van der Waals surface area contributed by atoms with Gasteiger partial charge in [0.15, 0.2) is 0 Å². The van der Waals surface area contributed by atoms with Gasteiger partial charge in [0.1, 0.15) is 5.75 Å². The average molecular weight is 384 g/mol. The molecule has 2 saturated heterocycles. The molecule has 0 aliphatic carbocycles. The van der Waals surface area contributed by atoms with Crippen molar-refractivity contribution in [3.8, 4) is 5.75 Å². The van der Waals surface area contributed by atoms with Crippen LogP contribution in [0.5, 0.6) is 5.75 Å². The molecule has 7 nitrogen and oxygen atoms in total. The van der Waals surface area contributed by atoms with Gasteiger partial charge in [-0.25, -0.2) is 4.98 Å². The summed E-state index contributed by atoms with van der Waals surface area (Å²) in [5.74, 6) is 1.92. The molecule has 0 atom stereocenters. The predicted octanol–water partition coefficient (Wildman–Crippen LogP) is 1.99. The maximum absolute atomic E-state index is 12.2. The molecule has 0 bridgehead atoms. The van der Waals surface area contributed by atoms with E-state index in [-0.39, 0.29) is 5.56 Å². The summed E-state index contributed by atoms with van der Waals surface area (Å²) in [5, 5.41) is 0. The van der Waals surface area contributed by atoms with E-state index in [4.69, 9.17) is 14.5 Å². The molecule has 7 heteroatoms. The van der Waals surface area contributed by atoms with Crippen molar-refractivity contribution in [1.82, 2.24) is 14.9 Å². The first-order valence-electron chi connectivity index (χ1n) is 10.0. The van der Waals surface area contributed by atoms with Gasteiger partial charge in [-0.2, -0.15) is 0 Å². The number of H-pyrrole nitrogens is 1. The zero-order valence-corrected chi connectivity index (χ0v) is 16.4. The number of ether oxygens (including phenoxy) is 2. The van der Waals surface area contributed by atoms with Crippen molar-refractivity contribution in [3.05, 3.63) is 51.9 Å². The molecule has 0 spiro atoms. The largest absolute Gasteiger partial charge is 0.497 e. The van der Waals surface area contributed by atoms with Crippen molar-refractivity contribution in [2.75, 3.05) is 51.4 Å². The zero-order chi connectivity index (χ0) is 19.3. The van der Waals surface area contributed by atoms with Gasteiger partial charge in [-0.15, -0.1) is 0 Å². The van der Waals surface area contributed by atoms with Crippen molar-refractivity contribution in [1.29, 1.82) is 0 Å². The number of likely N-dealkylation sites (tertiary alicyclic amines) is 1. The molecule has 2 aliphatic heterocycles. The summed E-state index contributed by atoms with van der Waals surface area (Å²) < 4.78 is 10.7. The lowest BCUT2D eigenvalue weighted by Gasteiger charge is -2.32. The van der Waals surface area contributed by atoms with E-state index in [2.05, 4.69) is 26.9 Å². The lowest BCUT2D eigenvalue weighted by Crippen LogP contribution is -2.39. The Balaban J connectivity index is 1.39. The third-order valence-electron chi connectivity index (χ3n) is 5.61. The molecule has 28 heavy (non-hydrogen) atoms. The van der Waals surface area contributed by atoms with Crippen LogP contribution in [0.4, 0.5) is 5.95 Å². The number of piperidine rings is 1. The highest BCUT2D eigenvalue weighted by Gasteiger charge is 2.23. The van der Waals surface area contributed by atoms with E-state index in [1.54, 1.807) is 13.2 Å². The predicted molar refractivity (Wildman–Crippen MR) is 108 cm³/mol. The van der Waals surface area contributed by atoms with Gasteiger partial charge >= 0.3 is 0 Å². The van der Waals surface area contributed by atoms with Crippen LogP contribution in [0.1, 0.15) is 30.0 Å². The zero-order valence-electron chi connectivity index (χ0n) is 16.4. The van der Waals surface area contributed by atoms with Gasteiger partial charge in [-0.1, -0.05) is 12.1 Å². The van der Waals surface area contributed by atoms with Crippen LogP contribution in [-0.2, 0) is 11.3 Å². The highest BCUT2D eigenvalue weighted by Crippen LogP contribution is 2.28. The standard InChI is InChI=1S/C21H28N4O3/c1-27-18-4-2-3-16(13-18)15-24-7-5-17(6-8-24)19-14-20(26)23-21(22-19)25-9-11-28-12-10-25/h2-4,13-14,17H,5-12,15H2,1H3,(H,22,23,26). The highest BCUT2D eigenvalue weighted by molar-refractivity contribution is 5.32. The topological polar surface area (TPSA) is 70.7 Å². The fourth-order valence-electron chi connectivity index (χ4n) is 4.01. The average Bonchev–Trinajstić information content (AvgIpc) is 2.74. The monoisotopic (exact) mass is 384 g/mol. The second-order valence-corrected chi connectivity index (χ2v) is 7.50. The molecule has 0 radical (unpaired) electrons. The first kappa shape index (κ1) is 19.0. The molecule has 0 unspecified atom stereocenters. The van der Waals surface area contributed by atoms with Crippen molar-refractivity contribution in [2.45, 2.75) is 25.3 Å². The minimum Gasteiger partial charge on any atom is -0.497 e. The van der Waals surface area contributed by atoms with Gasteiger partial charge in [0.05, 0.1) is 26.0 Å². The van der Waals surface area contributed by atoms with Crippen LogP contribution in [0.15, 0.2) is 35.1 Å². The van der Waals surface area contributed by atoms with Crippen LogP contribution in [0.2, 0.25) is 0 Å². The number of morpholine rings is 1. The Kier molecular flexibility index (Phi) is 5.92. The third-order valence-corrected chi connectivity index (χ3v) is 5.61. The lowest BCUT2D eigenvalue weighted by molar-refractivity contribution is 0.122. The van der Waals surface area contributed by atoms with E-state index in [0.29, 0.717) is 25.1 Å². The van der Waals surface area contributed by atoms with E-state index < -0.39 is 0 Å². The van der Waals surface area contributed by atoms with E-state index >= 15 is 0 Å². The molecule has 1 aromatic heterocycles. The Bertz CT molecular complexity index is 840. The normalized spacial score (nSPS) is 19.0. The second-order valence-electron chi connectivity index (χ2n) is 7.50. The van der Waals surface area contributed by atoms with Crippen molar-refractivity contribution < 1.29 is 9.47 Å². The van der Waals surface area contributed by atoms with Crippen LogP contribution in [-0.4, -0.2) is 61.4 Å². The van der Waals surface area contributed by atoms with Gasteiger partial charge in [-0.05, 0) is 43.6 Å². The fourth-order valence-corrected chi connectivity index (χ4v) is 4.01. The molecule has 0 saturated carbocycles. The Morgan fingerprint density at radius 1 is 1.18 bits per heavy atom. The Morgan fingerprint density at radius 3 is 2.71 bits per heavy atom. The van der Waals surface area contributed by atoms with Crippen LogP contribution >= 0.6 is 0 Å². The molecule has 150 valence electrons. The first-order valence-corrected chi connectivity index (χ1v) is 10.0. The lowest BCUT2D eigenvalue weighted by atomic mass is 9.93. The first-order chi connectivity index (χ1) is 13.7. The van der Waals surface area contributed by atoms with Crippen molar-refractivity contribution >= 4 is 5.95 Å². The maximum Gasteiger partial charge on any atom is 0.252 e. The summed E-state index contributed by atoms with van der Waals surface area (Å²) in [7, 11) is 1.70. The van der Waals surface area contributed by atoms with Gasteiger partial charge in [0.25, 0.3) is 5.56 Å². The molecule has 4 rings (SSSR count). The summed E-state index contributed by atoms with van der Waals surface area (Å²) in [6.45, 7) is 5.82. The second kappa shape index (κ2) is 8.75. The summed E-state index contributed by atoms with van der Waals surface area (Å²) in [6, 6.07) is 9.92. The summed E-state index contributed by atoms with van der Waals surface area (Å²) >= 11 is 0. The number of hydrogen-bond acceptors (Lipinski definition) is 6. The van der Waals surface area contributed by atoms with Crippen molar-refractivity contribution in [3.63, 3.8) is 0 Å². The number of methoxy groups -OCH3 is 1. The molecule has 2 aliphatic rings. The number of aromatic nitrogens is 2. The maximum atomic E-state index is 12.2. The number of nitrogens with zero attached hydrogens (tertiary/aromatic N) is 3. The number of aromatic amines is 1. The minimum absolute atomic E-state index is 0.0645. The number of nitrogens with one attached hydrogen (secondary N) is 1. The van der Waals surface area contributed by atoms with Gasteiger partial charge in [-0.3, -0.25) is 14.7 Å². The number of benzene rings is 1. The molecule has 1 N–H and O–H groups in total. The van der Waals surface area contributed by atoms with Crippen LogP contribution in [0.3, 0.4) is 0 Å². The minimum atomic E-state index is -0.0645. The summed E-state index contributed by atoms with van der Waals surface area (Å²) in [4.78, 5) is 24.4. The number of rotatable bonds is 5. The van der Waals surface area contributed by atoms with Crippen LogP contribution in [0, 0.1) is 0 Å².